The van der Waals surface area contributed by atoms with Crippen LogP contribution in [0.3, 0.4) is 0 Å². The monoisotopic (exact) mass is 396 g/mol. The first-order valence-electron chi connectivity index (χ1n) is 10.1. The predicted molar refractivity (Wildman–Crippen MR) is 119 cm³/mol. The molecule has 30 heavy (non-hydrogen) atoms. The van der Waals surface area contributed by atoms with E-state index in [1.807, 2.05) is 54.1 Å². The molecule has 0 unspecified atom stereocenters. The molecule has 0 aliphatic carbocycles. The number of rotatable bonds is 7. The van der Waals surface area contributed by atoms with Crippen LogP contribution in [0.5, 0.6) is 0 Å². The van der Waals surface area contributed by atoms with E-state index in [4.69, 9.17) is 5.10 Å². The van der Waals surface area contributed by atoms with Crippen LogP contribution < -0.4 is 0 Å². The molecule has 0 saturated heterocycles. The molecule has 0 fully saturated rings. The Labute approximate surface area is 176 Å². The molecule has 0 amide bonds. The summed E-state index contributed by atoms with van der Waals surface area (Å²) in [6.45, 7) is 2.48. The summed E-state index contributed by atoms with van der Waals surface area (Å²) < 4.78 is 1.95. The second-order valence-electron chi connectivity index (χ2n) is 7.44. The maximum Gasteiger partial charge on any atom is 0.307 e. The molecule has 0 aliphatic heterocycles. The molecule has 4 rings (SSSR count). The van der Waals surface area contributed by atoms with E-state index in [0.717, 1.165) is 28.9 Å². The van der Waals surface area contributed by atoms with Gasteiger partial charge in [0, 0.05) is 11.1 Å². The molecule has 4 nitrogen and oxygen atoms in total. The van der Waals surface area contributed by atoms with E-state index >= 15 is 0 Å². The van der Waals surface area contributed by atoms with Gasteiger partial charge in [-0.3, -0.25) is 9.48 Å². The fourth-order valence-electron chi connectivity index (χ4n) is 3.88. The minimum Gasteiger partial charge on any atom is -0.481 e. The molecule has 1 aromatic heterocycles. The van der Waals surface area contributed by atoms with E-state index in [1.165, 1.54) is 16.7 Å². The standard InChI is InChI=1S/C26H24N2O2/c1-19-24(17-25(29)30)26(21-12-6-3-7-13-21)28(27-19)18-23-15-9-8-14-22(23)16-20-10-4-2-5-11-20/h2-15H,16-18H2,1H3,(H,29,30). The fraction of sp³-hybridized carbons (Fsp3) is 0.154. The van der Waals surface area contributed by atoms with Gasteiger partial charge in [0.15, 0.2) is 0 Å². The fourth-order valence-corrected chi connectivity index (χ4v) is 3.88. The van der Waals surface area contributed by atoms with E-state index in [2.05, 4.69) is 42.5 Å². The van der Waals surface area contributed by atoms with Gasteiger partial charge in [-0.25, -0.2) is 0 Å². The van der Waals surface area contributed by atoms with Crippen molar-refractivity contribution in [1.29, 1.82) is 0 Å². The summed E-state index contributed by atoms with van der Waals surface area (Å²) in [4.78, 5) is 11.5. The Kier molecular flexibility index (Phi) is 5.75. The third kappa shape index (κ3) is 4.33. The highest BCUT2D eigenvalue weighted by Gasteiger charge is 2.19. The van der Waals surface area contributed by atoms with E-state index in [1.54, 1.807) is 0 Å². The van der Waals surface area contributed by atoms with Gasteiger partial charge in [-0.15, -0.1) is 0 Å². The van der Waals surface area contributed by atoms with Gasteiger partial charge >= 0.3 is 5.97 Å². The number of aromatic nitrogens is 2. The summed E-state index contributed by atoms with van der Waals surface area (Å²) >= 11 is 0. The van der Waals surface area contributed by atoms with Crippen LogP contribution >= 0.6 is 0 Å². The average Bonchev–Trinajstić information content (AvgIpc) is 3.05. The number of hydrogen-bond donors (Lipinski definition) is 1. The number of benzene rings is 3. The van der Waals surface area contributed by atoms with Crippen molar-refractivity contribution in [2.45, 2.75) is 26.3 Å². The maximum atomic E-state index is 11.5. The lowest BCUT2D eigenvalue weighted by Crippen LogP contribution is -2.08. The van der Waals surface area contributed by atoms with E-state index in [9.17, 15) is 9.90 Å². The molecule has 3 aromatic carbocycles. The van der Waals surface area contributed by atoms with Gasteiger partial charge < -0.3 is 5.11 Å². The van der Waals surface area contributed by atoms with E-state index in [0.29, 0.717) is 6.54 Å². The van der Waals surface area contributed by atoms with E-state index < -0.39 is 5.97 Å². The van der Waals surface area contributed by atoms with Gasteiger partial charge in [0.05, 0.1) is 24.4 Å². The summed E-state index contributed by atoms with van der Waals surface area (Å²) in [5.41, 5.74) is 7.08. The second kappa shape index (κ2) is 8.78. The first-order chi connectivity index (χ1) is 14.6. The molecule has 0 atom stereocenters. The first-order valence-corrected chi connectivity index (χ1v) is 10.1. The Hall–Kier alpha value is -3.66. The molecule has 150 valence electrons. The van der Waals surface area contributed by atoms with Gasteiger partial charge in [-0.2, -0.15) is 5.10 Å². The normalized spacial score (nSPS) is 10.8. The van der Waals surface area contributed by atoms with Gasteiger partial charge in [0.25, 0.3) is 0 Å². The third-order valence-electron chi connectivity index (χ3n) is 5.30. The molecule has 0 saturated carbocycles. The molecular formula is C26H24N2O2. The molecule has 1 heterocycles. The number of aliphatic carboxylic acids is 1. The minimum atomic E-state index is -0.848. The van der Waals surface area contributed by atoms with Gasteiger partial charge in [-0.05, 0) is 30.0 Å². The summed E-state index contributed by atoms with van der Waals surface area (Å²) in [7, 11) is 0. The van der Waals surface area contributed by atoms with Crippen molar-refractivity contribution >= 4 is 5.97 Å². The van der Waals surface area contributed by atoms with Gasteiger partial charge in [0.2, 0.25) is 0 Å². The number of hydrogen-bond acceptors (Lipinski definition) is 2. The maximum absolute atomic E-state index is 11.5. The Morgan fingerprint density at radius 3 is 2.13 bits per heavy atom. The van der Waals surface area contributed by atoms with Crippen molar-refractivity contribution < 1.29 is 9.90 Å². The highest BCUT2D eigenvalue weighted by molar-refractivity contribution is 5.76. The van der Waals surface area contributed by atoms with Crippen LogP contribution in [0.2, 0.25) is 0 Å². The topological polar surface area (TPSA) is 55.1 Å². The van der Waals surface area contributed by atoms with Crippen LogP contribution in [0.4, 0.5) is 0 Å². The number of carboxylic acids is 1. The lowest BCUT2D eigenvalue weighted by Gasteiger charge is -2.13. The Morgan fingerprint density at radius 1 is 0.867 bits per heavy atom. The smallest absolute Gasteiger partial charge is 0.307 e. The van der Waals surface area contributed by atoms with Crippen LogP contribution in [-0.4, -0.2) is 20.9 Å². The zero-order valence-corrected chi connectivity index (χ0v) is 17.0. The van der Waals surface area contributed by atoms with Crippen LogP contribution in [0.1, 0.15) is 27.9 Å². The van der Waals surface area contributed by atoms with Crippen molar-refractivity contribution in [2.75, 3.05) is 0 Å². The van der Waals surface area contributed by atoms with Crippen molar-refractivity contribution in [3.05, 3.63) is 113 Å². The number of aryl methyl sites for hydroxylation is 1. The van der Waals surface area contributed by atoms with Crippen molar-refractivity contribution in [3.8, 4) is 11.3 Å². The lowest BCUT2D eigenvalue weighted by molar-refractivity contribution is -0.136. The molecule has 4 heteroatoms. The number of carbonyl (C=O) groups is 1. The highest BCUT2D eigenvalue weighted by Crippen LogP contribution is 2.28. The second-order valence-corrected chi connectivity index (χ2v) is 7.44. The lowest BCUT2D eigenvalue weighted by atomic mass is 9.99. The Balaban J connectivity index is 1.75. The SMILES string of the molecule is Cc1nn(Cc2ccccc2Cc2ccccc2)c(-c2ccccc2)c1CC(=O)O. The molecular weight excluding hydrogens is 372 g/mol. The van der Waals surface area contributed by atoms with Gasteiger partial charge in [0.1, 0.15) is 0 Å². The largest absolute Gasteiger partial charge is 0.481 e. The molecule has 4 aromatic rings. The number of nitrogens with zero attached hydrogens (tertiary/aromatic N) is 2. The van der Waals surface area contributed by atoms with Crippen molar-refractivity contribution in [2.24, 2.45) is 0 Å². The summed E-state index contributed by atoms with van der Waals surface area (Å²) in [6.07, 6.45) is 0.807. The zero-order valence-electron chi connectivity index (χ0n) is 17.0. The third-order valence-corrected chi connectivity index (χ3v) is 5.30. The van der Waals surface area contributed by atoms with Crippen molar-refractivity contribution in [1.82, 2.24) is 9.78 Å². The molecule has 0 spiro atoms. The van der Waals surface area contributed by atoms with Gasteiger partial charge in [-0.1, -0.05) is 84.9 Å². The zero-order chi connectivity index (χ0) is 20.9. The van der Waals surface area contributed by atoms with Crippen LogP contribution in [0.15, 0.2) is 84.9 Å². The van der Waals surface area contributed by atoms with Crippen molar-refractivity contribution in [3.63, 3.8) is 0 Å². The Morgan fingerprint density at radius 2 is 1.47 bits per heavy atom. The summed E-state index contributed by atoms with van der Waals surface area (Å²) in [6, 6.07) is 28.7. The molecule has 0 aliphatic rings. The molecule has 1 N–H and O–H groups in total. The summed E-state index contributed by atoms with van der Waals surface area (Å²) in [5.74, 6) is -0.848. The predicted octanol–water partition coefficient (Wildman–Crippen LogP) is 5.12. The quantitative estimate of drug-likeness (QED) is 0.471. The van der Waals surface area contributed by atoms with Crippen LogP contribution in [0, 0.1) is 6.92 Å². The van der Waals surface area contributed by atoms with Crippen LogP contribution in [-0.2, 0) is 24.2 Å². The number of carboxylic acid groups (broad SMARTS) is 1. The molecule has 0 radical (unpaired) electrons. The van der Waals surface area contributed by atoms with Crippen LogP contribution in [0.25, 0.3) is 11.3 Å². The molecule has 0 bridgehead atoms. The Bertz CT molecular complexity index is 1150. The first kappa shape index (κ1) is 19.6. The highest BCUT2D eigenvalue weighted by atomic mass is 16.4. The summed E-state index contributed by atoms with van der Waals surface area (Å²) in [5, 5.41) is 14.2. The van der Waals surface area contributed by atoms with E-state index in [-0.39, 0.29) is 6.42 Å². The average molecular weight is 396 g/mol. The minimum absolute atomic E-state index is 0.0400.